The zero-order chi connectivity index (χ0) is 14.8. The van der Waals surface area contributed by atoms with Gasteiger partial charge in [0, 0.05) is 6.04 Å². The summed E-state index contributed by atoms with van der Waals surface area (Å²) < 4.78 is 0. The highest BCUT2D eigenvalue weighted by Gasteiger charge is 2.58. The van der Waals surface area contributed by atoms with Crippen LogP contribution in [0.25, 0.3) is 0 Å². The van der Waals surface area contributed by atoms with Crippen LogP contribution in [0.15, 0.2) is 30.3 Å². The summed E-state index contributed by atoms with van der Waals surface area (Å²) in [6.45, 7) is 13.0. The van der Waals surface area contributed by atoms with Gasteiger partial charge in [-0.2, -0.15) is 0 Å². The van der Waals surface area contributed by atoms with E-state index in [2.05, 4.69) is 70.3 Å². The van der Waals surface area contributed by atoms with Crippen molar-refractivity contribution < 1.29 is 0 Å². The predicted octanol–water partition coefficient (Wildman–Crippen LogP) is 4.84. The van der Waals surface area contributed by atoms with Crippen molar-refractivity contribution in [2.75, 3.05) is 6.54 Å². The van der Waals surface area contributed by atoms with Crippen LogP contribution >= 0.6 is 0 Å². The van der Waals surface area contributed by atoms with Crippen molar-refractivity contribution in [3.8, 4) is 0 Å². The minimum absolute atomic E-state index is 0.394. The van der Waals surface area contributed by atoms with Crippen LogP contribution in [0.3, 0.4) is 0 Å². The lowest BCUT2D eigenvalue weighted by Gasteiger charge is -2.62. The third kappa shape index (κ3) is 2.53. The fourth-order valence-corrected chi connectivity index (χ4v) is 4.29. The first-order valence-corrected chi connectivity index (χ1v) is 8.34. The van der Waals surface area contributed by atoms with E-state index in [1.807, 2.05) is 0 Å². The summed E-state index contributed by atoms with van der Waals surface area (Å²) in [6, 6.07) is 11.8. The average Bonchev–Trinajstić information content (AvgIpc) is 2.45. The summed E-state index contributed by atoms with van der Waals surface area (Å²) >= 11 is 0. The summed E-state index contributed by atoms with van der Waals surface area (Å²) in [6.07, 6.45) is 2.47. The first-order chi connectivity index (χ1) is 9.56. The van der Waals surface area contributed by atoms with E-state index in [1.165, 1.54) is 18.4 Å². The Kier molecular flexibility index (Phi) is 4.90. The predicted molar refractivity (Wildman–Crippen MR) is 88.0 cm³/mol. The Morgan fingerprint density at radius 2 is 1.80 bits per heavy atom. The van der Waals surface area contributed by atoms with Gasteiger partial charge in [-0.1, -0.05) is 65.0 Å². The van der Waals surface area contributed by atoms with E-state index in [9.17, 15) is 0 Å². The molecule has 0 bridgehead atoms. The van der Waals surface area contributed by atoms with Crippen LogP contribution in [0.1, 0.15) is 58.9 Å². The highest BCUT2D eigenvalue weighted by Crippen LogP contribution is 2.60. The van der Waals surface area contributed by atoms with E-state index in [4.69, 9.17) is 0 Å². The maximum atomic E-state index is 3.84. The van der Waals surface area contributed by atoms with E-state index in [-0.39, 0.29) is 0 Å². The fraction of sp³-hybridized carbons (Fsp3) is 0.684. The highest BCUT2D eigenvalue weighted by molar-refractivity contribution is 5.30. The van der Waals surface area contributed by atoms with Crippen molar-refractivity contribution in [3.05, 3.63) is 35.9 Å². The lowest BCUT2D eigenvalue weighted by Crippen LogP contribution is -2.65. The molecule has 112 valence electrons. The standard InChI is InChI=1S/C19H31N/c1-6-13-20-18-16(14(3)4)17(19(18,5)7-2)15-11-9-8-10-12-15/h8-12,14,16-18,20H,6-7,13H2,1-5H3. The van der Waals surface area contributed by atoms with Crippen LogP contribution in [0.4, 0.5) is 0 Å². The van der Waals surface area contributed by atoms with Crippen LogP contribution in [0.2, 0.25) is 0 Å². The second-order valence-corrected chi connectivity index (χ2v) is 7.00. The molecule has 1 aromatic rings. The van der Waals surface area contributed by atoms with Crippen LogP contribution in [0.5, 0.6) is 0 Å². The Morgan fingerprint density at radius 1 is 1.15 bits per heavy atom. The molecule has 1 N–H and O–H groups in total. The van der Waals surface area contributed by atoms with Crippen molar-refractivity contribution in [2.24, 2.45) is 17.3 Å². The normalized spacial score (nSPS) is 33.2. The molecule has 1 aliphatic carbocycles. The number of nitrogens with one attached hydrogen (secondary N) is 1. The molecule has 20 heavy (non-hydrogen) atoms. The molecule has 1 heteroatoms. The Balaban J connectivity index is 2.29. The Labute approximate surface area is 125 Å². The molecule has 1 aliphatic rings. The summed E-state index contributed by atoms with van der Waals surface area (Å²) in [5, 5.41) is 3.84. The van der Waals surface area contributed by atoms with Gasteiger partial charge in [0.25, 0.3) is 0 Å². The molecule has 0 aliphatic heterocycles. The van der Waals surface area contributed by atoms with E-state index in [0.717, 1.165) is 18.4 Å². The molecular weight excluding hydrogens is 242 g/mol. The molecule has 1 fully saturated rings. The zero-order valence-electron chi connectivity index (χ0n) is 13.8. The molecule has 0 amide bonds. The van der Waals surface area contributed by atoms with Gasteiger partial charge in [0.1, 0.15) is 0 Å². The molecular formula is C19H31N. The van der Waals surface area contributed by atoms with Gasteiger partial charge in [-0.25, -0.2) is 0 Å². The van der Waals surface area contributed by atoms with Gasteiger partial charge in [0.05, 0.1) is 0 Å². The number of hydrogen-bond acceptors (Lipinski definition) is 1. The second kappa shape index (κ2) is 6.30. The third-order valence-electron chi connectivity index (χ3n) is 5.50. The number of hydrogen-bond donors (Lipinski definition) is 1. The van der Waals surface area contributed by atoms with Gasteiger partial charge in [-0.15, -0.1) is 0 Å². The molecule has 2 rings (SSSR count). The van der Waals surface area contributed by atoms with Gasteiger partial charge in [0.15, 0.2) is 0 Å². The fourth-order valence-electron chi connectivity index (χ4n) is 4.29. The lowest BCUT2D eigenvalue weighted by molar-refractivity contribution is -0.0535. The molecule has 4 atom stereocenters. The van der Waals surface area contributed by atoms with Crippen molar-refractivity contribution >= 4 is 0 Å². The molecule has 0 radical (unpaired) electrons. The van der Waals surface area contributed by atoms with E-state index < -0.39 is 0 Å². The highest BCUT2D eigenvalue weighted by atomic mass is 15.0. The van der Waals surface area contributed by atoms with Crippen molar-refractivity contribution in [3.63, 3.8) is 0 Å². The van der Waals surface area contributed by atoms with Crippen molar-refractivity contribution in [2.45, 2.75) is 59.4 Å². The Morgan fingerprint density at radius 3 is 2.30 bits per heavy atom. The molecule has 0 spiro atoms. The molecule has 4 unspecified atom stereocenters. The summed E-state index contributed by atoms with van der Waals surface area (Å²) in [5.41, 5.74) is 1.93. The minimum Gasteiger partial charge on any atom is -0.313 e. The minimum atomic E-state index is 0.394. The summed E-state index contributed by atoms with van der Waals surface area (Å²) in [5.74, 6) is 2.19. The van der Waals surface area contributed by atoms with Gasteiger partial charge >= 0.3 is 0 Å². The molecule has 1 aromatic carbocycles. The van der Waals surface area contributed by atoms with E-state index in [0.29, 0.717) is 17.4 Å². The largest absolute Gasteiger partial charge is 0.313 e. The van der Waals surface area contributed by atoms with Crippen molar-refractivity contribution in [1.82, 2.24) is 5.32 Å². The molecule has 0 saturated heterocycles. The second-order valence-electron chi connectivity index (χ2n) is 7.00. The maximum absolute atomic E-state index is 3.84. The monoisotopic (exact) mass is 273 g/mol. The van der Waals surface area contributed by atoms with Crippen LogP contribution in [-0.2, 0) is 0 Å². The van der Waals surface area contributed by atoms with Crippen LogP contribution in [0, 0.1) is 17.3 Å². The van der Waals surface area contributed by atoms with Crippen LogP contribution < -0.4 is 5.32 Å². The molecule has 0 aromatic heterocycles. The smallest absolute Gasteiger partial charge is 0.0163 e. The average molecular weight is 273 g/mol. The quantitative estimate of drug-likeness (QED) is 0.782. The van der Waals surface area contributed by atoms with E-state index >= 15 is 0 Å². The van der Waals surface area contributed by atoms with Gasteiger partial charge in [-0.05, 0) is 48.1 Å². The topological polar surface area (TPSA) is 12.0 Å². The third-order valence-corrected chi connectivity index (χ3v) is 5.50. The number of rotatable bonds is 6. The summed E-state index contributed by atoms with van der Waals surface area (Å²) in [4.78, 5) is 0. The Bertz CT molecular complexity index is 411. The molecule has 1 nitrogen and oxygen atoms in total. The van der Waals surface area contributed by atoms with E-state index in [1.54, 1.807) is 0 Å². The van der Waals surface area contributed by atoms with Gasteiger partial charge < -0.3 is 5.32 Å². The SMILES string of the molecule is CCCNC1C(C(C)C)C(c2ccccc2)C1(C)CC. The Hall–Kier alpha value is -0.820. The molecule has 1 saturated carbocycles. The van der Waals surface area contributed by atoms with Crippen LogP contribution in [-0.4, -0.2) is 12.6 Å². The summed E-state index contributed by atoms with van der Waals surface area (Å²) in [7, 11) is 0. The zero-order valence-corrected chi connectivity index (χ0v) is 13.8. The first kappa shape index (κ1) is 15.6. The van der Waals surface area contributed by atoms with Gasteiger partial charge in [-0.3, -0.25) is 0 Å². The molecule has 0 heterocycles. The maximum Gasteiger partial charge on any atom is 0.0163 e. The van der Waals surface area contributed by atoms with Gasteiger partial charge in [0.2, 0.25) is 0 Å². The lowest BCUT2D eigenvalue weighted by atomic mass is 9.45. The van der Waals surface area contributed by atoms with Crippen molar-refractivity contribution in [1.29, 1.82) is 0 Å². The first-order valence-electron chi connectivity index (χ1n) is 8.34. The number of benzene rings is 1.